The van der Waals surface area contributed by atoms with E-state index in [1.54, 1.807) is 0 Å². The van der Waals surface area contributed by atoms with Crippen LogP contribution in [0, 0.1) is 0 Å². The van der Waals surface area contributed by atoms with E-state index in [9.17, 15) is 14.4 Å². The van der Waals surface area contributed by atoms with Gasteiger partial charge in [-0.3, -0.25) is 19.3 Å². The van der Waals surface area contributed by atoms with Crippen molar-refractivity contribution in [3.05, 3.63) is 22.2 Å². The fourth-order valence-electron chi connectivity index (χ4n) is 2.33. The monoisotopic (exact) mass is 276 g/mol. The Balaban J connectivity index is 1.79. The van der Waals surface area contributed by atoms with Crippen LogP contribution in [0.3, 0.4) is 0 Å². The topological polar surface area (TPSA) is 95.2 Å². The molecule has 3 rings (SSSR count). The molecule has 2 aliphatic rings. The molecule has 1 atom stereocenters. The molecule has 1 unspecified atom stereocenters. The summed E-state index contributed by atoms with van der Waals surface area (Å²) in [6.07, 6.45) is 2.81. The Labute approximate surface area is 115 Å². The molecule has 2 amide bonds. The average molecular weight is 276 g/mol. The van der Waals surface area contributed by atoms with Gasteiger partial charge >= 0.3 is 0 Å². The van der Waals surface area contributed by atoms with Crippen LogP contribution >= 0.6 is 0 Å². The van der Waals surface area contributed by atoms with Gasteiger partial charge in [0.2, 0.25) is 5.91 Å². The Morgan fingerprint density at radius 2 is 2.05 bits per heavy atom. The number of carbonyl (C=O) groups excluding carboxylic acids is 2. The SMILES string of the molecule is CN1C(=O)CCC(Nc2cc(=O)[nH]c(C3CC3)n2)C1=O. The average Bonchev–Trinajstić information content (AvgIpc) is 3.23. The molecule has 20 heavy (non-hydrogen) atoms. The van der Waals surface area contributed by atoms with Gasteiger partial charge < -0.3 is 10.3 Å². The van der Waals surface area contributed by atoms with E-state index >= 15 is 0 Å². The van der Waals surface area contributed by atoms with Crippen molar-refractivity contribution in [1.29, 1.82) is 0 Å². The van der Waals surface area contributed by atoms with Crippen LogP contribution in [0.15, 0.2) is 10.9 Å². The summed E-state index contributed by atoms with van der Waals surface area (Å²) in [4.78, 5) is 43.2. The minimum absolute atomic E-state index is 0.175. The minimum atomic E-state index is -0.501. The van der Waals surface area contributed by atoms with E-state index in [2.05, 4.69) is 15.3 Å². The molecule has 0 radical (unpaired) electrons. The lowest BCUT2D eigenvalue weighted by Crippen LogP contribution is -2.48. The lowest BCUT2D eigenvalue weighted by Gasteiger charge is -2.28. The Hall–Kier alpha value is -2.18. The fraction of sp³-hybridized carbons (Fsp3) is 0.538. The van der Waals surface area contributed by atoms with Gasteiger partial charge in [-0.15, -0.1) is 0 Å². The zero-order valence-corrected chi connectivity index (χ0v) is 11.2. The molecule has 2 N–H and O–H groups in total. The van der Waals surface area contributed by atoms with Crippen LogP contribution in [0.4, 0.5) is 5.82 Å². The molecular weight excluding hydrogens is 260 g/mol. The number of piperidine rings is 1. The van der Waals surface area contributed by atoms with Crippen molar-refractivity contribution in [3.63, 3.8) is 0 Å². The summed E-state index contributed by atoms with van der Waals surface area (Å²) < 4.78 is 0. The van der Waals surface area contributed by atoms with E-state index in [1.807, 2.05) is 0 Å². The maximum absolute atomic E-state index is 12.0. The third kappa shape index (κ3) is 2.43. The highest BCUT2D eigenvalue weighted by Gasteiger charge is 2.32. The van der Waals surface area contributed by atoms with Gasteiger partial charge in [-0.05, 0) is 19.3 Å². The number of nitrogens with zero attached hydrogens (tertiary/aromatic N) is 2. The molecule has 0 spiro atoms. The first-order valence-electron chi connectivity index (χ1n) is 6.73. The molecule has 1 aliphatic heterocycles. The van der Waals surface area contributed by atoms with Crippen LogP contribution in [0.5, 0.6) is 0 Å². The third-order valence-corrected chi connectivity index (χ3v) is 3.70. The van der Waals surface area contributed by atoms with E-state index in [0.717, 1.165) is 17.7 Å². The van der Waals surface area contributed by atoms with Crippen LogP contribution in [-0.2, 0) is 9.59 Å². The first kappa shape index (κ1) is 12.8. The first-order valence-corrected chi connectivity index (χ1v) is 6.73. The van der Waals surface area contributed by atoms with Crippen molar-refractivity contribution in [2.45, 2.75) is 37.6 Å². The summed E-state index contributed by atoms with van der Waals surface area (Å²) in [6, 6.07) is 0.842. The normalized spacial score (nSPS) is 23.1. The lowest BCUT2D eigenvalue weighted by molar-refractivity contribution is -0.146. The number of likely N-dealkylation sites (tertiary alicyclic amines) is 1. The summed E-state index contributed by atoms with van der Waals surface area (Å²) >= 11 is 0. The number of aromatic nitrogens is 2. The number of imide groups is 1. The van der Waals surface area contributed by atoms with E-state index in [1.165, 1.54) is 13.1 Å². The maximum Gasteiger partial charge on any atom is 0.252 e. The molecule has 2 fully saturated rings. The Morgan fingerprint density at radius 1 is 1.30 bits per heavy atom. The third-order valence-electron chi connectivity index (χ3n) is 3.70. The van der Waals surface area contributed by atoms with Crippen LogP contribution in [-0.4, -0.2) is 39.8 Å². The molecule has 1 saturated carbocycles. The minimum Gasteiger partial charge on any atom is -0.358 e. The Morgan fingerprint density at radius 3 is 2.75 bits per heavy atom. The van der Waals surface area contributed by atoms with Gasteiger partial charge in [-0.1, -0.05) is 0 Å². The van der Waals surface area contributed by atoms with Gasteiger partial charge in [-0.25, -0.2) is 4.98 Å². The number of H-pyrrole nitrogens is 1. The van der Waals surface area contributed by atoms with Crippen molar-refractivity contribution in [1.82, 2.24) is 14.9 Å². The molecule has 7 nitrogen and oxygen atoms in total. The quantitative estimate of drug-likeness (QED) is 0.769. The van der Waals surface area contributed by atoms with E-state index < -0.39 is 6.04 Å². The van der Waals surface area contributed by atoms with Gasteiger partial charge in [0.15, 0.2) is 0 Å². The maximum atomic E-state index is 12.0. The van der Waals surface area contributed by atoms with Crippen molar-refractivity contribution in [2.75, 3.05) is 12.4 Å². The van der Waals surface area contributed by atoms with Crippen molar-refractivity contribution in [2.24, 2.45) is 0 Å². The second kappa shape index (κ2) is 4.73. The van der Waals surface area contributed by atoms with Crippen LogP contribution in [0.2, 0.25) is 0 Å². The molecular formula is C13H16N4O3. The molecule has 2 heterocycles. The summed E-state index contributed by atoms with van der Waals surface area (Å²) in [6.45, 7) is 0. The summed E-state index contributed by atoms with van der Waals surface area (Å²) in [5.41, 5.74) is -0.225. The smallest absolute Gasteiger partial charge is 0.252 e. The predicted molar refractivity (Wildman–Crippen MR) is 71.3 cm³/mol. The summed E-state index contributed by atoms with van der Waals surface area (Å²) in [5.74, 6) is 0.946. The fourth-order valence-corrected chi connectivity index (χ4v) is 2.33. The van der Waals surface area contributed by atoms with Gasteiger partial charge in [0.05, 0.1) is 0 Å². The number of hydrogen-bond acceptors (Lipinski definition) is 5. The zero-order chi connectivity index (χ0) is 14.3. The van der Waals surface area contributed by atoms with Crippen molar-refractivity contribution >= 4 is 17.6 Å². The standard InChI is InChI=1S/C13H16N4O3/c1-17-11(19)5-4-8(13(17)20)14-9-6-10(18)16-12(15-9)7-2-3-7/h6-8H,2-5H2,1H3,(H2,14,15,16,18). The summed E-state index contributed by atoms with van der Waals surface area (Å²) in [5, 5.41) is 2.97. The van der Waals surface area contributed by atoms with E-state index in [-0.39, 0.29) is 17.4 Å². The van der Waals surface area contributed by atoms with E-state index in [4.69, 9.17) is 0 Å². The Kier molecular flexibility index (Phi) is 3.04. The number of carbonyl (C=O) groups is 2. The molecule has 0 aromatic carbocycles. The highest BCUT2D eigenvalue weighted by molar-refractivity contribution is 6.01. The zero-order valence-electron chi connectivity index (χ0n) is 11.2. The van der Waals surface area contributed by atoms with Crippen molar-refractivity contribution in [3.8, 4) is 0 Å². The molecule has 106 valence electrons. The highest BCUT2D eigenvalue weighted by atomic mass is 16.2. The number of aromatic amines is 1. The number of anilines is 1. The van der Waals surface area contributed by atoms with Crippen LogP contribution in [0.1, 0.15) is 37.4 Å². The van der Waals surface area contributed by atoms with Gasteiger partial charge in [0.25, 0.3) is 11.5 Å². The molecule has 0 bridgehead atoms. The second-order valence-corrected chi connectivity index (χ2v) is 5.32. The molecule has 1 aromatic heterocycles. The molecule has 7 heteroatoms. The molecule has 1 saturated heterocycles. The largest absolute Gasteiger partial charge is 0.358 e. The van der Waals surface area contributed by atoms with Gasteiger partial charge in [-0.2, -0.15) is 0 Å². The number of rotatable bonds is 3. The second-order valence-electron chi connectivity index (χ2n) is 5.32. The van der Waals surface area contributed by atoms with Gasteiger partial charge in [0, 0.05) is 25.5 Å². The molecule has 1 aliphatic carbocycles. The molecule has 1 aromatic rings. The first-order chi connectivity index (χ1) is 9.54. The number of hydrogen-bond donors (Lipinski definition) is 2. The van der Waals surface area contributed by atoms with Crippen LogP contribution < -0.4 is 10.9 Å². The number of nitrogens with one attached hydrogen (secondary N) is 2. The Bertz CT molecular complexity index is 620. The van der Waals surface area contributed by atoms with Crippen LogP contribution in [0.25, 0.3) is 0 Å². The highest BCUT2D eigenvalue weighted by Crippen LogP contribution is 2.37. The van der Waals surface area contributed by atoms with Gasteiger partial charge in [0.1, 0.15) is 17.7 Å². The predicted octanol–water partition coefficient (Wildman–Crippen LogP) is 0.207. The lowest BCUT2D eigenvalue weighted by atomic mass is 10.0. The van der Waals surface area contributed by atoms with E-state index in [0.29, 0.717) is 30.4 Å². The number of amides is 2. The van der Waals surface area contributed by atoms with Crippen molar-refractivity contribution < 1.29 is 9.59 Å². The summed E-state index contributed by atoms with van der Waals surface area (Å²) in [7, 11) is 1.47. The number of likely N-dealkylation sites (N-methyl/N-ethyl adjacent to an activating group) is 1.